The number of carbonyl (C=O) groups is 1. The van der Waals surface area contributed by atoms with Crippen LogP contribution in [0.2, 0.25) is 0 Å². The molecule has 122 valence electrons. The lowest BCUT2D eigenvalue weighted by atomic mass is 10.1. The standard InChI is InChI=1S/C18H18N4OS/c1-11-3-5-13(6-4-11)15-10-24-18(20-15)22-12(2)19-9-16(22)21-17(23)14-7-8-14/h3-6,9-10,14H,7-8H2,1-2H3,(H,21,23). The zero-order valence-corrected chi connectivity index (χ0v) is 14.4. The molecule has 0 radical (unpaired) electrons. The molecule has 0 unspecified atom stereocenters. The van der Waals surface area contributed by atoms with E-state index in [2.05, 4.69) is 41.5 Å². The Labute approximate surface area is 144 Å². The van der Waals surface area contributed by atoms with Crippen LogP contribution in [0, 0.1) is 19.8 Å². The number of anilines is 1. The summed E-state index contributed by atoms with van der Waals surface area (Å²) in [4.78, 5) is 21.1. The van der Waals surface area contributed by atoms with E-state index in [9.17, 15) is 4.79 Å². The van der Waals surface area contributed by atoms with Crippen molar-refractivity contribution in [1.82, 2.24) is 14.5 Å². The van der Waals surface area contributed by atoms with Crippen LogP contribution in [-0.4, -0.2) is 20.4 Å². The predicted octanol–water partition coefficient (Wildman–Crippen LogP) is 3.96. The van der Waals surface area contributed by atoms with Crippen molar-refractivity contribution in [2.75, 3.05) is 5.32 Å². The van der Waals surface area contributed by atoms with Gasteiger partial charge in [-0.2, -0.15) is 0 Å². The second-order valence-corrected chi connectivity index (χ2v) is 7.01. The fourth-order valence-electron chi connectivity index (χ4n) is 2.57. The monoisotopic (exact) mass is 338 g/mol. The van der Waals surface area contributed by atoms with Gasteiger partial charge in [-0.1, -0.05) is 29.8 Å². The molecule has 0 bridgehead atoms. The number of imidazole rings is 1. The van der Waals surface area contributed by atoms with Gasteiger partial charge in [-0.25, -0.2) is 9.97 Å². The molecule has 0 atom stereocenters. The normalized spacial score (nSPS) is 13.9. The Balaban J connectivity index is 1.65. The van der Waals surface area contributed by atoms with Crippen molar-refractivity contribution >= 4 is 23.1 Å². The van der Waals surface area contributed by atoms with Gasteiger partial charge in [0.1, 0.15) is 11.6 Å². The molecule has 24 heavy (non-hydrogen) atoms. The first-order valence-electron chi connectivity index (χ1n) is 8.00. The molecule has 5 nitrogen and oxygen atoms in total. The van der Waals surface area contributed by atoms with Crippen LogP contribution in [0.25, 0.3) is 16.4 Å². The molecule has 6 heteroatoms. The molecule has 1 fully saturated rings. The Morgan fingerprint density at radius 1 is 1.25 bits per heavy atom. The highest BCUT2D eigenvalue weighted by molar-refractivity contribution is 7.12. The summed E-state index contributed by atoms with van der Waals surface area (Å²) in [6.45, 7) is 3.99. The maximum atomic E-state index is 12.1. The summed E-state index contributed by atoms with van der Waals surface area (Å²) in [6.07, 6.45) is 3.66. The largest absolute Gasteiger partial charge is 0.310 e. The Hall–Kier alpha value is -2.47. The van der Waals surface area contributed by atoms with Gasteiger partial charge < -0.3 is 5.32 Å². The summed E-state index contributed by atoms with van der Waals surface area (Å²) in [5.74, 6) is 1.74. The van der Waals surface area contributed by atoms with Gasteiger partial charge in [0, 0.05) is 16.9 Å². The number of amides is 1. The average Bonchev–Trinajstić information content (AvgIpc) is 3.22. The van der Waals surface area contributed by atoms with Crippen LogP contribution >= 0.6 is 11.3 Å². The molecular weight excluding hydrogens is 320 g/mol. The van der Waals surface area contributed by atoms with Crippen LogP contribution in [0.15, 0.2) is 35.8 Å². The van der Waals surface area contributed by atoms with Gasteiger partial charge in [0.15, 0.2) is 5.13 Å². The number of aryl methyl sites for hydroxylation is 2. The van der Waals surface area contributed by atoms with Gasteiger partial charge in [-0.15, -0.1) is 11.3 Å². The first-order chi connectivity index (χ1) is 11.6. The highest BCUT2D eigenvalue weighted by Crippen LogP contribution is 2.31. The highest BCUT2D eigenvalue weighted by atomic mass is 32.1. The molecule has 4 rings (SSSR count). The lowest BCUT2D eigenvalue weighted by molar-refractivity contribution is -0.117. The van der Waals surface area contributed by atoms with E-state index in [1.165, 1.54) is 5.56 Å². The molecule has 1 aliphatic rings. The topological polar surface area (TPSA) is 59.8 Å². The van der Waals surface area contributed by atoms with Gasteiger partial charge in [-0.3, -0.25) is 9.36 Å². The van der Waals surface area contributed by atoms with Crippen molar-refractivity contribution in [3.63, 3.8) is 0 Å². The summed E-state index contributed by atoms with van der Waals surface area (Å²) in [5.41, 5.74) is 3.25. The predicted molar refractivity (Wildman–Crippen MR) is 95.5 cm³/mol. The fraction of sp³-hybridized carbons (Fsp3) is 0.278. The molecule has 0 saturated heterocycles. The molecule has 1 aromatic carbocycles. The Kier molecular flexibility index (Phi) is 3.69. The van der Waals surface area contributed by atoms with Gasteiger partial charge >= 0.3 is 0 Å². The third-order valence-corrected chi connectivity index (χ3v) is 4.99. The lowest BCUT2D eigenvalue weighted by Crippen LogP contribution is -2.16. The lowest BCUT2D eigenvalue weighted by Gasteiger charge is -2.08. The van der Waals surface area contributed by atoms with Crippen LogP contribution < -0.4 is 5.32 Å². The smallest absolute Gasteiger partial charge is 0.228 e. The molecule has 1 saturated carbocycles. The van der Waals surface area contributed by atoms with E-state index in [-0.39, 0.29) is 11.8 Å². The molecule has 2 heterocycles. The maximum absolute atomic E-state index is 12.1. The number of aromatic nitrogens is 3. The number of nitrogens with one attached hydrogen (secondary N) is 1. The Morgan fingerprint density at radius 3 is 2.71 bits per heavy atom. The van der Waals surface area contributed by atoms with Crippen molar-refractivity contribution in [3.05, 3.63) is 47.2 Å². The maximum Gasteiger partial charge on any atom is 0.228 e. The third kappa shape index (κ3) is 2.85. The second-order valence-electron chi connectivity index (χ2n) is 6.17. The first-order valence-corrected chi connectivity index (χ1v) is 8.88. The SMILES string of the molecule is Cc1ccc(-c2csc(-n3c(NC(=O)C4CC4)cnc3C)n2)cc1. The minimum Gasteiger partial charge on any atom is -0.310 e. The molecule has 0 aliphatic heterocycles. The summed E-state index contributed by atoms with van der Waals surface area (Å²) < 4.78 is 1.91. The molecule has 1 aliphatic carbocycles. The van der Waals surface area contributed by atoms with E-state index in [1.807, 2.05) is 16.9 Å². The third-order valence-electron chi connectivity index (χ3n) is 4.17. The molecule has 2 aromatic heterocycles. The summed E-state index contributed by atoms with van der Waals surface area (Å²) in [5, 5.41) is 5.82. The Morgan fingerprint density at radius 2 is 2.00 bits per heavy atom. The molecular formula is C18H18N4OS. The summed E-state index contributed by atoms with van der Waals surface area (Å²) in [7, 11) is 0. The number of rotatable bonds is 4. The number of nitrogens with zero attached hydrogens (tertiary/aromatic N) is 3. The van der Waals surface area contributed by atoms with E-state index in [0.29, 0.717) is 5.82 Å². The van der Waals surface area contributed by atoms with Crippen LogP contribution in [0.1, 0.15) is 24.2 Å². The van der Waals surface area contributed by atoms with Crippen molar-refractivity contribution in [2.45, 2.75) is 26.7 Å². The first kappa shape index (κ1) is 15.1. The molecule has 1 N–H and O–H groups in total. The molecule has 0 spiro atoms. The van der Waals surface area contributed by atoms with Gasteiger partial charge in [0.25, 0.3) is 0 Å². The zero-order chi connectivity index (χ0) is 16.7. The minimum absolute atomic E-state index is 0.0754. The number of carbonyl (C=O) groups excluding carboxylic acids is 1. The van der Waals surface area contributed by atoms with Crippen molar-refractivity contribution in [2.24, 2.45) is 5.92 Å². The minimum atomic E-state index is 0.0754. The molecule has 1 amide bonds. The van der Waals surface area contributed by atoms with Crippen molar-refractivity contribution in [3.8, 4) is 16.4 Å². The average molecular weight is 338 g/mol. The van der Waals surface area contributed by atoms with Gasteiger partial charge in [0.2, 0.25) is 5.91 Å². The van der Waals surface area contributed by atoms with Crippen LogP contribution in [0.3, 0.4) is 0 Å². The van der Waals surface area contributed by atoms with Crippen molar-refractivity contribution in [1.29, 1.82) is 0 Å². The molecule has 3 aromatic rings. The Bertz CT molecular complexity index is 890. The van der Waals surface area contributed by atoms with Crippen LogP contribution in [0.5, 0.6) is 0 Å². The number of hydrogen-bond donors (Lipinski definition) is 1. The number of thiazole rings is 1. The van der Waals surface area contributed by atoms with Crippen molar-refractivity contribution < 1.29 is 4.79 Å². The highest BCUT2D eigenvalue weighted by Gasteiger charge is 2.30. The van der Waals surface area contributed by atoms with E-state index in [4.69, 9.17) is 4.98 Å². The van der Waals surface area contributed by atoms with E-state index < -0.39 is 0 Å². The van der Waals surface area contributed by atoms with E-state index in [0.717, 1.165) is 35.1 Å². The van der Waals surface area contributed by atoms with E-state index in [1.54, 1.807) is 17.5 Å². The van der Waals surface area contributed by atoms with Gasteiger partial charge in [-0.05, 0) is 26.7 Å². The fourth-order valence-corrected chi connectivity index (χ4v) is 3.46. The summed E-state index contributed by atoms with van der Waals surface area (Å²) in [6, 6.07) is 8.31. The zero-order valence-electron chi connectivity index (χ0n) is 13.6. The van der Waals surface area contributed by atoms with Gasteiger partial charge in [0.05, 0.1) is 11.9 Å². The van der Waals surface area contributed by atoms with E-state index >= 15 is 0 Å². The second kappa shape index (κ2) is 5.87. The number of benzene rings is 1. The number of hydrogen-bond acceptors (Lipinski definition) is 4. The quantitative estimate of drug-likeness (QED) is 0.783. The van der Waals surface area contributed by atoms with Crippen LogP contribution in [0.4, 0.5) is 5.82 Å². The van der Waals surface area contributed by atoms with Crippen LogP contribution in [-0.2, 0) is 4.79 Å². The summed E-state index contributed by atoms with van der Waals surface area (Å²) >= 11 is 1.55.